The van der Waals surface area contributed by atoms with Crippen molar-refractivity contribution >= 4 is 16.7 Å². The Morgan fingerprint density at radius 2 is 1.86 bits per heavy atom. The van der Waals surface area contributed by atoms with E-state index in [2.05, 4.69) is 0 Å². The van der Waals surface area contributed by atoms with Gasteiger partial charge in [-0.15, -0.1) is 0 Å². The number of hydrogen-bond donors (Lipinski definition) is 0. The summed E-state index contributed by atoms with van der Waals surface area (Å²) in [6.07, 6.45) is 1.76. The van der Waals surface area contributed by atoms with E-state index in [1.165, 1.54) is 13.0 Å². The molecule has 2 nitrogen and oxygen atoms in total. The molecule has 0 fully saturated rings. The molecule has 0 unspecified atom stereocenters. The van der Waals surface area contributed by atoms with Gasteiger partial charge in [0.05, 0.1) is 0 Å². The zero-order valence-electron chi connectivity index (χ0n) is 11.4. The minimum absolute atomic E-state index is 0.0183. The predicted molar refractivity (Wildman–Crippen MR) is 77.4 cm³/mol. The summed E-state index contributed by atoms with van der Waals surface area (Å²) < 4.78 is 28.1. The zero-order chi connectivity index (χ0) is 15.0. The van der Waals surface area contributed by atoms with Gasteiger partial charge in [-0.3, -0.25) is 4.79 Å². The number of rotatable bonds is 3. The van der Waals surface area contributed by atoms with Crippen molar-refractivity contribution in [3.8, 4) is 0 Å². The number of carbonyl (C=O) groups is 1. The fourth-order valence-electron chi connectivity index (χ4n) is 2.49. The van der Waals surface area contributed by atoms with Gasteiger partial charge in [0.2, 0.25) is 0 Å². The van der Waals surface area contributed by atoms with E-state index in [0.29, 0.717) is 17.7 Å². The second-order valence-electron chi connectivity index (χ2n) is 4.99. The highest BCUT2D eigenvalue weighted by molar-refractivity contribution is 6.06. The van der Waals surface area contributed by atoms with Gasteiger partial charge < -0.3 is 4.57 Å². The Morgan fingerprint density at radius 1 is 1.10 bits per heavy atom. The first kappa shape index (κ1) is 13.5. The lowest BCUT2D eigenvalue weighted by atomic mass is 10.1. The van der Waals surface area contributed by atoms with Crippen LogP contribution >= 0.6 is 0 Å². The fraction of sp³-hybridized carbons (Fsp3) is 0.118. The number of para-hydroxylation sites is 1. The largest absolute Gasteiger partial charge is 0.342 e. The van der Waals surface area contributed by atoms with E-state index in [1.807, 2.05) is 28.8 Å². The third-order valence-electron chi connectivity index (χ3n) is 3.50. The number of hydrogen-bond acceptors (Lipinski definition) is 1. The molecule has 0 radical (unpaired) electrons. The molecule has 0 N–H and O–H groups in total. The van der Waals surface area contributed by atoms with Crippen molar-refractivity contribution < 1.29 is 13.6 Å². The Kier molecular flexibility index (Phi) is 3.29. The summed E-state index contributed by atoms with van der Waals surface area (Å²) in [5.74, 6) is -1.74. The molecule has 0 saturated carbocycles. The highest BCUT2D eigenvalue weighted by Crippen LogP contribution is 2.23. The van der Waals surface area contributed by atoms with Crippen molar-refractivity contribution in [1.82, 2.24) is 4.57 Å². The first-order chi connectivity index (χ1) is 10.1. The third-order valence-corrected chi connectivity index (χ3v) is 3.50. The van der Waals surface area contributed by atoms with Crippen molar-refractivity contribution in [3.05, 3.63) is 71.4 Å². The molecule has 106 valence electrons. The van der Waals surface area contributed by atoms with Crippen LogP contribution in [-0.2, 0) is 6.54 Å². The molecule has 4 heteroatoms. The average Bonchev–Trinajstić information content (AvgIpc) is 2.82. The molecule has 0 saturated heterocycles. The smallest absolute Gasteiger partial charge is 0.161 e. The van der Waals surface area contributed by atoms with E-state index in [4.69, 9.17) is 0 Å². The molecule has 2 aromatic carbocycles. The van der Waals surface area contributed by atoms with Gasteiger partial charge in [0.15, 0.2) is 17.4 Å². The Labute approximate surface area is 120 Å². The Balaban J connectivity index is 2.08. The van der Waals surface area contributed by atoms with Crippen LogP contribution < -0.4 is 0 Å². The fourth-order valence-corrected chi connectivity index (χ4v) is 2.49. The SMILES string of the molecule is CC(=O)c1cn(Cc2ccc(F)c(F)c2)c2ccccc12. The van der Waals surface area contributed by atoms with E-state index < -0.39 is 11.6 Å². The molecule has 1 heterocycles. The molecule has 3 aromatic rings. The maximum Gasteiger partial charge on any atom is 0.161 e. The lowest BCUT2D eigenvalue weighted by molar-refractivity contribution is 0.101. The Bertz CT molecular complexity index is 836. The summed E-state index contributed by atoms with van der Waals surface area (Å²) in [4.78, 5) is 11.7. The van der Waals surface area contributed by atoms with E-state index in [9.17, 15) is 13.6 Å². The van der Waals surface area contributed by atoms with Gasteiger partial charge in [0.1, 0.15) is 0 Å². The molecule has 1 aromatic heterocycles. The summed E-state index contributed by atoms with van der Waals surface area (Å²) >= 11 is 0. The molecule has 0 atom stereocenters. The van der Waals surface area contributed by atoms with Gasteiger partial charge in [0, 0.05) is 29.2 Å². The summed E-state index contributed by atoms with van der Waals surface area (Å²) in [7, 11) is 0. The number of carbonyl (C=O) groups excluding carboxylic acids is 1. The van der Waals surface area contributed by atoms with Gasteiger partial charge in [-0.2, -0.15) is 0 Å². The monoisotopic (exact) mass is 285 g/mol. The number of aromatic nitrogens is 1. The van der Waals surface area contributed by atoms with E-state index >= 15 is 0 Å². The van der Waals surface area contributed by atoms with Crippen LogP contribution in [0.3, 0.4) is 0 Å². The number of Topliss-reactive ketones (excluding diaryl/α,β-unsaturated/α-hetero) is 1. The van der Waals surface area contributed by atoms with E-state index in [-0.39, 0.29) is 5.78 Å². The van der Waals surface area contributed by atoms with Gasteiger partial charge in [-0.25, -0.2) is 8.78 Å². The molecule has 0 spiro atoms. The van der Waals surface area contributed by atoms with Crippen molar-refractivity contribution in [2.45, 2.75) is 13.5 Å². The molecule has 3 rings (SSSR count). The standard InChI is InChI=1S/C17H13F2NO/c1-11(21)14-10-20(17-5-3-2-4-13(14)17)9-12-6-7-15(18)16(19)8-12/h2-8,10H,9H2,1H3. The number of halogens is 2. The van der Waals surface area contributed by atoms with Crippen LogP contribution in [0.15, 0.2) is 48.7 Å². The topological polar surface area (TPSA) is 22.0 Å². The van der Waals surface area contributed by atoms with Gasteiger partial charge >= 0.3 is 0 Å². The highest BCUT2D eigenvalue weighted by Gasteiger charge is 2.12. The van der Waals surface area contributed by atoms with Crippen LogP contribution in [0, 0.1) is 11.6 Å². The molecule has 0 aliphatic heterocycles. The van der Waals surface area contributed by atoms with Crippen LogP contribution in [0.2, 0.25) is 0 Å². The summed E-state index contributed by atoms with van der Waals surface area (Å²) in [6, 6.07) is 11.4. The highest BCUT2D eigenvalue weighted by atomic mass is 19.2. The van der Waals surface area contributed by atoms with Crippen molar-refractivity contribution in [2.75, 3.05) is 0 Å². The van der Waals surface area contributed by atoms with Crippen molar-refractivity contribution in [2.24, 2.45) is 0 Å². The number of benzene rings is 2. The minimum Gasteiger partial charge on any atom is -0.342 e. The van der Waals surface area contributed by atoms with Crippen molar-refractivity contribution in [1.29, 1.82) is 0 Å². The zero-order valence-corrected chi connectivity index (χ0v) is 11.4. The number of ketones is 1. The number of nitrogens with zero attached hydrogens (tertiary/aromatic N) is 1. The molecular weight excluding hydrogens is 272 g/mol. The van der Waals surface area contributed by atoms with Gasteiger partial charge in [-0.1, -0.05) is 24.3 Å². The molecule has 0 amide bonds. The van der Waals surface area contributed by atoms with Gasteiger partial charge in [0.25, 0.3) is 0 Å². The molecule has 0 bridgehead atoms. The minimum atomic E-state index is -0.865. The molecule has 0 aliphatic carbocycles. The lowest BCUT2D eigenvalue weighted by Gasteiger charge is -2.06. The summed E-state index contributed by atoms with van der Waals surface area (Å²) in [6.45, 7) is 1.90. The second-order valence-corrected chi connectivity index (χ2v) is 4.99. The quantitative estimate of drug-likeness (QED) is 0.662. The van der Waals surface area contributed by atoms with Crippen LogP contribution in [0.1, 0.15) is 22.8 Å². The maximum atomic E-state index is 13.3. The normalized spacial score (nSPS) is 11.0. The first-order valence-corrected chi connectivity index (χ1v) is 6.59. The van der Waals surface area contributed by atoms with Crippen LogP contribution in [0.25, 0.3) is 10.9 Å². The average molecular weight is 285 g/mol. The first-order valence-electron chi connectivity index (χ1n) is 6.59. The second kappa shape index (κ2) is 5.13. The predicted octanol–water partition coefficient (Wildman–Crippen LogP) is 4.17. The summed E-state index contributed by atoms with van der Waals surface area (Å²) in [5.41, 5.74) is 2.17. The van der Waals surface area contributed by atoms with Crippen LogP contribution in [-0.4, -0.2) is 10.4 Å². The van der Waals surface area contributed by atoms with Crippen molar-refractivity contribution in [3.63, 3.8) is 0 Å². The van der Waals surface area contributed by atoms with E-state index in [0.717, 1.165) is 17.0 Å². The van der Waals surface area contributed by atoms with E-state index in [1.54, 1.807) is 12.3 Å². The maximum absolute atomic E-state index is 13.3. The summed E-state index contributed by atoms with van der Waals surface area (Å²) in [5, 5.41) is 0.868. The Morgan fingerprint density at radius 3 is 2.57 bits per heavy atom. The molecule has 0 aliphatic rings. The van der Waals surface area contributed by atoms with Gasteiger partial charge in [-0.05, 0) is 30.7 Å². The lowest BCUT2D eigenvalue weighted by Crippen LogP contribution is -1.99. The Hall–Kier alpha value is -2.49. The molecular formula is C17H13F2NO. The van der Waals surface area contributed by atoms with Crippen LogP contribution in [0.4, 0.5) is 8.78 Å². The van der Waals surface area contributed by atoms with Crippen LogP contribution in [0.5, 0.6) is 0 Å². The molecule has 21 heavy (non-hydrogen) atoms. The number of fused-ring (bicyclic) bond motifs is 1. The third kappa shape index (κ3) is 2.44.